The Morgan fingerprint density at radius 1 is 1.25 bits per heavy atom. The van der Waals surface area contributed by atoms with Crippen LogP contribution in [0.2, 0.25) is 0 Å². The van der Waals surface area contributed by atoms with Gasteiger partial charge in [0.1, 0.15) is 5.82 Å². The minimum atomic E-state index is -0.000349. The quantitative estimate of drug-likeness (QED) is 0.886. The summed E-state index contributed by atoms with van der Waals surface area (Å²) in [7, 11) is 0. The minimum absolute atomic E-state index is 0.000349. The Hall–Kier alpha value is -1.58. The summed E-state index contributed by atoms with van der Waals surface area (Å²) in [5.41, 5.74) is 0.649. The molecule has 2 N–H and O–H groups in total. The summed E-state index contributed by atoms with van der Waals surface area (Å²) in [5.74, 6) is 0.679. The van der Waals surface area contributed by atoms with Gasteiger partial charge in [-0.1, -0.05) is 32.1 Å². The number of amides is 1. The van der Waals surface area contributed by atoms with Crippen LogP contribution in [0.15, 0.2) is 18.3 Å². The average Bonchev–Trinajstić information content (AvgIpc) is 2.42. The molecule has 4 nitrogen and oxygen atoms in total. The van der Waals surface area contributed by atoms with Gasteiger partial charge in [0, 0.05) is 18.8 Å². The molecular weight excluding hydrogens is 250 g/mol. The van der Waals surface area contributed by atoms with Crippen molar-refractivity contribution in [1.82, 2.24) is 10.3 Å². The molecule has 0 atom stereocenters. The molecule has 1 aliphatic rings. The summed E-state index contributed by atoms with van der Waals surface area (Å²) in [6, 6.07) is 3.97. The first-order valence-electron chi connectivity index (χ1n) is 7.81. The summed E-state index contributed by atoms with van der Waals surface area (Å²) in [6.45, 7) is 2.77. The zero-order valence-corrected chi connectivity index (χ0v) is 12.3. The fourth-order valence-corrected chi connectivity index (χ4v) is 2.76. The van der Waals surface area contributed by atoms with E-state index in [0.717, 1.165) is 19.4 Å². The van der Waals surface area contributed by atoms with E-state index in [1.165, 1.54) is 32.1 Å². The fourth-order valence-electron chi connectivity index (χ4n) is 2.76. The van der Waals surface area contributed by atoms with Crippen LogP contribution in [0, 0.1) is 0 Å². The zero-order valence-electron chi connectivity index (χ0n) is 12.3. The summed E-state index contributed by atoms with van der Waals surface area (Å²) < 4.78 is 0. The van der Waals surface area contributed by atoms with Gasteiger partial charge in [-0.15, -0.1) is 0 Å². The Morgan fingerprint density at radius 2 is 1.95 bits per heavy atom. The second kappa shape index (κ2) is 7.88. The number of hydrogen-bond donors (Lipinski definition) is 2. The van der Waals surface area contributed by atoms with E-state index in [1.54, 1.807) is 6.20 Å². The molecule has 1 aliphatic carbocycles. The number of nitrogens with one attached hydrogen (secondary N) is 2. The van der Waals surface area contributed by atoms with Crippen LogP contribution in [0.1, 0.15) is 62.2 Å². The van der Waals surface area contributed by atoms with Crippen LogP contribution in [-0.2, 0) is 0 Å². The molecule has 1 amide bonds. The Balaban J connectivity index is 1.99. The molecule has 0 saturated heterocycles. The van der Waals surface area contributed by atoms with Crippen molar-refractivity contribution in [1.29, 1.82) is 0 Å². The third-order valence-electron chi connectivity index (χ3n) is 3.84. The lowest BCUT2D eigenvalue weighted by atomic mass is 9.96. The number of anilines is 1. The van der Waals surface area contributed by atoms with Crippen LogP contribution in [-0.4, -0.2) is 23.5 Å². The molecule has 0 radical (unpaired) electrons. The molecule has 1 aromatic rings. The molecule has 0 aromatic carbocycles. The largest absolute Gasteiger partial charge is 0.370 e. The number of carbonyl (C=O) groups excluding carboxylic acids is 1. The number of carbonyl (C=O) groups is 1. The third kappa shape index (κ3) is 4.22. The summed E-state index contributed by atoms with van der Waals surface area (Å²) >= 11 is 0. The van der Waals surface area contributed by atoms with Crippen LogP contribution in [0.4, 0.5) is 5.82 Å². The maximum atomic E-state index is 12.4. The van der Waals surface area contributed by atoms with Gasteiger partial charge in [-0.05, 0) is 31.9 Å². The van der Waals surface area contributed by atoms with E-state index >= 15 is 0 Å². The maximum absolute atomic E-state index is 12.4. The zero-order chi connectivity index (χ0) is 14.2. The van der Waals surface area contributed by atoms with Gasteiger partial charge in [0.25, 0.3) is 5.91 Å². The number of rotatable bonds is 4. The fraction of sp³-hybridized carbons (Fsp3) is 0.625. The van der Waals surface area contributed by atoms with Crippen molar-refractivity contribution in [2.75, 3.05) is 11.9 Å². The van der Waals surface area contributed by atoms with E-state index in [-0.39, 0.29) is 5.91 Å². The lowest BCUT2D eigenvalue weighted by molar-refractivity contribution is 0.0931. The van der Waals surface area contributed by atoms with Gasteiger partial charge >= 0.3 is 0 Å². The Morgan fingerprint density at radius 3 is 2.65 bits per heavy atom. The Kier molecular flexibility index (Phi) is 5.84. The van der Waals surface area contributed by atoms with E-state index in [1.807, 2.05) is 19.1 Å². The van der Waals surface area contributed by atoms with Crippen LogP contribution in [0.3, 0.4) is 0 Å². The highest BCUT2D eigenvalue weighted by Gasteiger charge is 2.17. The van der Waals surface area contributed by atoms with Crippen LogP contribution < -0.4 is 10.6 Å². The van der Waals surface area contributed by atoms with Crippen molar-refractivity contribution in [2.24, 2.45) is 0 Å². The molecule has 0 aliphatic heterocycles. The minimum Gasteiger partial charge on any atom is -0.370 e. The highest BCUT2D eigenvalue weighted by Crippen LogP contribution is 2.18. The molecule has 4 heteroatoms. The predicted octanol–water partition coefficient (Wildman–Crippen LogP) is 3.36. The molecule has 1 fully saturated rings. The lowest BCUT2D eigenvalue weighted by Gasteiger charge is -2.21. The molecule has 1 saturated carbocycles. The Bertz CT molecular complexity index is 425. The second-order valence-corrected chi connectivity index (χ2v) is 5.45. The monoisotopic (exact) mass is 275 g/mol. The standard InChI is InChI=1S/C16H25N3O/c1-2-17-15-14(11-8-12-18-15)16(20)19-13-9-6-4-3-5-7-10-13/h8,11-13H,2-7,9-10H2,1H3,(H,17,18)(H,19,20). The predicted molar refractivity (Wildman–Crippen MR) is 82.0 cm³/mol. The maximum Gasteiger partial charge on any atom is 0.255 e. The molecule has 0 bridgehead atoms. The van der Waals surface area contributed by atoms with Crippen molar-refractivity contribution in [3.8, 4) is 0 Å². The van der Waals surface area contributed by atoms with Gasteiger partial charge in [-0.25, -0.2) is 4.98 Å². The molecule has 2 rings (SSSR count). The van der Waals surface area contributed by atoms with Gasteiger partial charge in [0.05, 0.1) is 5.56 Å². The lowest BCUT2D eigenvalue weighted by Crippen LogP contribution is -2.35. The van der Waals surface area contributed by atoms with Crippen molar-refractivity contribution in [3.05, 3.63) is 23.9 Å². The molecule has 1 aromatic heterocycles. The van der Waals surface area contributed by atoms with Gasteiger partial charge in [0.2, 0.25) is 0 Å². The second-order valence-electron chi connectivity index (χ2n) is 5.45. The SMILES string of the molecule is CCNc1ncccc1C(=O)NC1CCCCCCC1. The van der Waals surface area contributed by atoms with Crippen LogP contribution in [0.5, 0.6) is 0 Å². The van der Waals surface area contributed by atoms with Crippen molar-refractivity contribution < 1.29 is 4.79 Å². The van der Waals surface area contributed by atoms with Crippen LogP contribution in [0.25, 0.3) is 0 Å². The number of hydrogen-bond acceptors (Lipinski definition) is 3. The summed E-state index contributed by atoms with van der Waals surface area (Å²) in [6.07, 6.45) is 10.3. The van der Waals surface area contributed by atoms with Crippen molar-refractivity contribution in [2.45, 2.75) is 57.9 Å². The molecule has 0 unspecified atom stereocenters. The van der Waals surface area contributed by atoms with E-state index in [0.29, 0.717) is 17.4 Å². The van der Waals surface area contributed by atoms with Gasteiger partial charge in [-0.3, -0.25) is 4.79 Å². The van der Waals surface area contributed by atoms with Gasteiger partial charge < -0.3 is 10.6 Å². The molecule has 0 spiro atoms. The highest BCUT2D eigenvalue weighted by atomic mass is 16.1. The molecule has 110 valence electrons. The summed E-state index contributed by atoms with van der Waals surface area (Å²) in [5, 5.41) is 6.33. The normalized spacial score (nSPS) is 17.1. The van der Waals surface area contributed by atoms with Crippen molar-refractivity contribution in [3.63, 3.8) is 0 Å². The summed E-state index contributed by atoms with van der Waals surface area (Å²) in [4.78, 5) is 16.7. The smallest absolute Gasteiger partial charge is 0.255 e. The average molecular weight is 275 g/mol. The molecule has 20 heavy (non-hydrogen) atoms. The van der Waals surface area contributed by atoms with E-state index in [9.17, 15) is 4.79 Å². The van der Waals surface area contributed by atoms with E-state index in [4.69, 9.17) is 0 Å². The first-order chi connectivity index (χ1) is 9.81. The molecule has 1 heterocycles. The molecular formula is C16H25N3O. The highest BCUT2D eigenvalue weighted by molar-refractivity contribution is 5.98. The van der Waals surface area contributed by atoms with Gasteiger partial charge in [0.15, 0.2) is 0 Å². The third-order valence-corrected chi connectivity index (χ3v) is 3.84. The van der Waals surface area contributed by atoms with E-state index in [2.05, 4.69) is 15.6 Å². The number of nitrogens with zero attached hydrogens (tertiary/aromatic N) is 1. The van der Waals surface area contributed by atoms with Crippen molar-refractivity contribution >= 4 is 11.7 Å². The Labute approximate surface area is 121 Å². The number of aromatic nitrogens is 1. The van der Waals surface area contributed by atoms with Gasteiger partial charge in [-0.2, -0.15) is 0 Å². The van der Waals surface area contributed by atoms with E-state index < -0.39 is 0 Å². The van der Waals surface area contributed by atoms with Crippen LogP contribution >= 0.6 is 0 Å². The first-order valence-corrected chi connectivity index (χ1v) is 7.81. The topological polar surface area (TPSA) is 54.0 Å². The number of pyridine rings is 1. The first kappa shape index (κ1) is 14.8.